The Balaban J connectivity index is 1.59. The number of aryl methyl sites for hydroxylation is 1. The van der Waals surface area contributed by atoms with E-state index in [9.17, 15) is 13.2 Å². The topological polar surface area (TPSA) is 123 Å². The molecule has 0 bridgehead atoms. The fourth-order valence-electron chi connectivity index (χ4n) is 3.52. The molecular weight excluding hydrogens is 450 g/mol. The van der Waals surface area contributed by atoms with Gasteiger partial charge in [-0.1, -0.05) is 36.4 Å². The number of nitrogens with zero attached hydrogens (tertiary/aromatic N) is 1. The second kappa shape index (κ2) is 9.65. The van der Waals surface area contributed by atoms with Crippen LogP contribution in [-0.4, -0.2) is 24.5 Å². The van der Waals surface area contributed by atoms with Crippen LogP contribution in [0.5, 0.6) is 0 Å². The number of aromatic nitrogens is 1. The number of sulfonamides is 1. The highest BCUT2D eigenvalue weighted by Gasteiger charge is 2.16. The number of fused-ring (bicyclic) bond motifs is 1. The molecule has 4 rings (SSSR count). The van der Waals surface area contributed by atoms with E-state index in [4.69, 9.17) is 10.4 Å². The molecule has 1 aromatic heterocycles. The van der Waals surface area contributed by atoms with E-state index in [0.29, 0.717) is 17.7 Å². The minimum absolute atomic E-state index is 0.0153. The van der Waals surface area contributed by atoms with Gasteiger partial charge in [0.2, 0.25) is 0 Å². The lowest BCUT2D eigenvalue weighted by molar-refractivity contribution is -0.136. The number of carboxylic acid groups (broad SMARTS) is 1. The maximum absolute atomic E-state index is 13.0. The molecule has 0 aliphatic rings. The highest BCUT2D eigenvalue weighted by atomic mass is 32.2. The summed E-state index contributed by atoms with van der Waals surface area (Å²) in [5.41, 5.74) is 4.26. The van der Waals surface area contributed by atoms with E-state index in [2.05, 4.69) is 15.8 Å². The van der Waals surface area contributed by atoms with Crippen molar-refractivity contribution in [2.45, 2.75) is 17.7 Å². The van der Waals surface area contributed by atoms with Crippen LogP contribution in [-0.2, 0) is 21.2 Å². The number of rotatable bonds is 8. The zero-order valence-corrected chi connectivity index (χ0v) is 18.8. The number of nitrogens with one attached hydrogen (secondary N) is 2. The van der Waals surface area contributed by atoms with Gasteiger partial charge in [-0.25, -0.2) is 8.42 Å². The largest absolute Gasteiger partial charge is 0.481 e. The van der Waals surface area contributed by atoms with Crippen LogP contribution >= 0.6 is 0 Å². The SMILES string of the molecule is N#Cc1ccc(/C=C/c2cc(NS(=O)(=O)c3ccc(CCC(=O)O)cc3)c3cc[nH]c3c2)cc1. The summed E-state index contributed by atoms with van der Waals surface area (Å²) in [4.78, 5) is 14.0. The van der Waals surface area contributed by atoms with Gasteiger partial charge in [0.15, 0.2) is 0 Å². The number of H-pyrrole nitrogens is 1. The lowest BCUT2D eigenvalue weighted by Crippen LogP contribution is -2.13. The van der Waals surface area contributed by atoms with Crippen molar-refractivity contribution in [3.63, 3.8) is 0 Å². The first-order valence-electron chi connectivity index (χ1n) is 10.5. The maximum Gasteiger partial charge on any atom is 0.303 e. The molecule has 0 aliphatic heterocycles. The number of hydrogen-bond donors (Lipinski definition) is 3. The van der Waals surface area contributed by atoms with Crippen molar-refractivity contribution in [1.29, 1.82) is 5.26 Å². The molecular formula is C26H21N3O4S. The molecule has 3 aromatic carbocycles. The van der Waals surface area contributed by atoms with Gasteiger partial charge >= 0.3 is 5.97 Å². The summed E-state index contributed by atoms with van der Waals surface area (Å²) in [6.45, 7) is 0. The first kappa shape index (κ1) is 22.8. The van der Waals surface area contributed by atoms with Crippen LogP contribution in [0, 0.1) is 11.3 Å². The highest BCUT2D eigenvalue weighted by Crippen LogP contribution is 2.28. The minimum atomic E-state index is -3.86. The second-order valence-corrected chi connectivity index (χ2v) is 9.40. The van der Waals surface area contributed by atoms with Crippen LogP contribution in [0.15, 0.2) is 77.8 Å². The van der Waals surface area contributed by atoms with Crippen molar-refractivity contribution in [3.05, 3.63) is 95.2 Å². The van der Waals surface area contributed by atoms with E-state index in [-0.39, 0.29) is 11.3 Å². The smallest absolute Gasteiger partial charge is 0.303 e. The number of nitriles is 1. The Bertz CT molecular complexity index is 1510. The summed E-state index contributed by atoms with van der Waals surface area (Å²) in [7, 11) is -3.86. The third kappa shape index (κ3) is 5.34. The molecule has 0 saturated heterocycles. The Kier molecular flexibility index (Phi) is 6.48. The van der Waals surface area contributed by atoms with Crippen LogP contribution in [0.4, 0.5) is 5.69 Å². The zero-order chi connectivity index (χ0) is 24.1. The Morgan fingerprint density at radius 2 is 1.71 bits per heavy atom. The average Bonchev–Trinajstić information content (AvgIpc) is 3.31. The summed E-state index contributed by atoms with van der Waals surface area (Å²) in [6.07, 6.45) is 5.82. The van der Waals surface area contributed by atoms with Gasteiger partial charge in [-0.05, 0) is 65.6 Å². The van der Waals surface area contributed by atoms with E-state index in [1.807, 2.05) is 30.4 Å². The zero-order valence-electron chi connectivity index (χ0n) is 18.0. The third-order valence-electron chi connectivity index (χ3n) is 5.30. The third-order valence-corrected chi connectivity index (χ3v) is 6.69. The van der Waals surface area contributed by atoms with E-state index < -0.39 is 16.0 Å². The lowest BCUT2D eigenvalue weighted by atomic mass is 10.1. The predicted molar refractivity (Wildman–Crippen MR) is 132 cm³/mol. The minimum Gasteiger partial charge on any atom is -0.481 e. The number of aliphatic carboxylic acids is 1. The van der Waals surface area contributed by atoms with Gasteiger partial charge < -0.3 is 10.1 Å². The molecule has 170 valence electrons. The molecule has 34 heavy (non-hydrogen) atoms. The van der Waals surface area contributed by atoms with Gasteiger partial charge in [-0.3, -0.25) is 9.52 Å². The Hall–Kier alpha value is -4.35. The van der Waals surface area contributed by atoms with Gasteiger partial charge in [0.25, 0.3) is 10.0 Å². The molecule has 0 unspecified atom stereocenters. The van der Waals surface area contributed by atoms with Gasteiger partial charge in [0, 0.05) is 23.5 Å². The van der Waals surface area contributed by atoms with E-state index in [1.54, 1.807) is 42.6 Å². The van der Waals surface area contributed by atoms with Gasteiger partial charge in [0.1, 0.15) is 0 Å². The van der Waals surface area contributed by atoms with E-state index in [1.165, 1.54) is 12.1 Å². The Morgan fingerprint density at radius 3 is 2.38 bits per heavy atom. The number of carbonyl (C=O) groups is 1. The normalized spacial score (nSPS) is 11.5. The molecule has 1 heterocycles. The fraction of sp³-hybridized carbons (Fsp3) is 0.0769. The molecule has 0 fully saturated rings. The molecule has 0 spiro atoms. The molecule has 0 aliphatic carbocycles. The van der Waals surface area contributed by atoms with Crippen molar-refractivity contribution in [2.75, 3.05) is 4.72 Å². The van der Waals surface area contributed by atoms with Crippen LogP contribution < -0.4 is 4.72 Å². The molecule has 0 amide bonds. The van der Waals surface area contributed by atoms with Crippen molar-refractivity contribution >= 4 is 44.7 Å². The van der Waals surface area contributed by atoms with Gasteiger partial charge in [-0.15, -0.1) is 0 Å². The monoisotopic (exact) mass is 471 g/mol. The van der Waals surface area contributed by atoms with Crippen LogP contribution in [0.1, 0.15) is 28.7 Å². The van der Waals surface area contributed by atoms with Crippen molar-refractivity contribution < 1.29 is 18.3 Å². The maximum atomic E-state index is 13.0. The summed E-state index contributed by atoms with van der Waals surface area (Å²) in [5, 5.41) is 18.5. The molecule has 7 nitrogen and oxygen atoms in total. The number of aromatic amines is 1. The van der Waals surface area contributed by atoms with Gasteiger partial charge in [-0.2, -0.15) is 5.26 Å². The molecule has 8 heteroatoms. The summed E-state index contributed by atoms with van der Waals surface area (Å²) < 4.78 is 28.7. The number of carboxylic acids is 1. The Morgan fingerprint density at radius 1 is 1.00 bits per heavy atom. The van der Waals surface area contributed by atoms with Crippen LogP contribution in [0.25, 0.3) is 23.1 Å². The first-order valence-corrected chi connectivity index (χ1v) is 12.0. The van der Waals surface area contributed by atoms with Crippen LogP contribution in [0.2, 0.25) is 0 Å². The average molecular weight is 472 g/mol. The van der Waals surface area contributed by atoms with E-state index >= 15 is 0 Å². The molecule has 0 atom stereocenters. The fourth-order valence-corrected chi connectivity index (χ4v) is 4.59. The highest BCUT2D eigenvalue weighted by molar-refractivity contribution is 7.92. The van der Waals surface area contributed by atoms with E-state index in [0.717, 1.165) is 27.6 Å². The standard InChI is InChI=1S/C26H21N3O4S/c27-17-20-4-1-18(2-5-20)3-6-21-15-24-23(13-14-28-24)25(16-21)29-34(32,33)22-10-7-19(8-11-22)9-12-26(30)31/h1-8,10-11,13-16,28-29H,9,12H2,(H,30,31)/b6-3+. The van der Waals surface area contributed by atoms with Crippen LogP contribution in [0.3, 0.4) is 0 Å². The summed E-state index contributed by atoms with van der Waals surface area (Å²) in [5.74, 6) is -0.901. The van der Waals surface area contributed by atoms with Crippen molar-refractivity contribution in [1.82, 2.24) is 4.98 Å². The lowest BCUT2D eigenvalue weighted by Gasteiger charge is -2.11. The molecule has 4 aromatic rings. The summed E-state index contributed by atoms with van der Waals surface area (Å²) >= 11 is 0. The second-order valence-electron chi connectivity index (χ2n) is 7.72. The molecule has 0 radical (unpaired) electrons. The molecule has 0 saturated carbocycles. The number of anilines is 1. The predicted octanol–water partition coefficient (Wildman–Crippen LogP) is 5.03. The quantitative estimate of drug-likeness (QED) is 0.311. The Labute approximate surface area is 197 Å². The van der Waals surface area contributed by atoms with Crippen molar-refractivity contribution in [2.24, 2.45) is 0 Å². The van der Waals surface area contributed by atoms with Gasteiger partial charge in [0.05, 0.1) is 22.2 Å². The number of hydrogen-bond acceptors (Lipinski definition) is 4. The first-order chi connectivity index (χ1) is 16.3. The summed E-state index contributed by atoms with van der Waals surface area (Å²) in [6, 6.07) is 20.9. The number of benzene rings is 3. The molecule has 3 N–H and O–H groups in total. The van der Waals surface area contributed by atoms with Crippen molar-refractivity contribution in [3.8, 4) is 6.07 Å².